The molecule has 0 radical (unpaired) electrons. The molecule has 0 bridgehead atoms. The Morgan fingerprint density at radius 1 is 1.14 bits per heavy atom. The Balaban J connectivity index is 1.90. The lowest BCUT2D eigenvalue weighted by Gasteiger charge is -2.09. The van der Waals surface area contributed by atoms with Crippen molar-refractivity contribution in [3.63, 3.8) is 0 Å². The summed E-state index contributed by atoms with van der Waals surface area (Å²) in [6.45, 7) is 5.08. The van der Waals surface area contributed by atoms with E-state index >= 15 is 0 Å². The van der Waals surface area contributed by atoms with Crippen molar-refractivity contribution in [2.24, 2.45) is 0 Å². The van der Waals surface area contributed by atoms with Gasteiger partial charge in [0.15, 0.2) is 0 Å². The normalized spacial score (nSPS) is 11.0. The second-order valence-electron chi connectivity index (χ2n) is 5.47. The smallest absolute Gasteiger partial charge is 0.224 e. The van der Waals surface area contributed by atoms with Crippen LogP contribution in [0.2, 0.25) is 0 Å². The summed E-state index contributed by atoms with van der Waals surface area (Å²) in [5.41, 5.74) is 0.853. The standard InChI is InChI=1S/C17H21BrN2O/c1-12(2)19-9-3-4-17(21)20-16-8-6-13-10-15(18)7-5-14(13)11-16/h5-8,10-12,19H,3-4,9H2,1-2H3,(H,20,21). The van der Waals surface area contributed by atoms with Crippen molar-refractivity contribution in [3.8, 4) is 0 Å². The minimum Gasteiger partial charge on any atom is -0.326 e. The molecule has 1 amide bonds. The van der Waals surface area contributed by atoms with Gasteiger partial charge in [-0.1, -0.05) is 41.9 Å². The lowest BCUT2D eigenvalue weighted by Crippen LogP contribution is -2.24. The number of amides is 1. The molecular weight excluding hydrogens is 328 g/mol. The number of carbonyl (C=O) groups excluding carboxylic acids is 1. The van der Waals surface area contributed by atoms with Crippen molar-refractivity contribution in [3.05, 3.63) is 40.9 Å². The van der Waals surface area contributed by atoms with Crippen molar-refractivity contribution in [1.82, 2.24) is 5.32 Å². The maximum absolute atomic E-state index is 11.9. The number of nitrogens with one attached hydrogen (secondary N) is 2. The highest BCUT2D eigenvalue weighted by molar-refractivity contribution is 9.10. The van der Waals surface area contributed by atoms with Gasteiger partial charge in [-0.3, -0.25) is 4.79 Å². The first-order chi connectivity index (χ1) is 10.0. The van der Waals surface area contributed by atoms with Crippen molar-refractivity contribution < 1.29 is 4.79 Å². The molecular formula is C17H21BrN2O. The molecule has 0 heterocycles. The molecule has 21 heavy (non-hydrogen) atoms. The summed E-state index contributed by atoms with van der Waals surface area (Å²) >= 11 is 3.46. The van der Waals surface area contributed by atoms with Gasteiger partial charge in [0.1, 0.15) is 0 Å². The van der Waals surface area contributed by atoms with E-state index in [4.69, 9.17) is 0 Å². The van der Waals surface area contributed by atoms with Crippen LogP contribution in [-0.2, 0) is 4.79 Å². The van der Waals surface area contributed by atoms with Gasteiger partial charge in [-0.05, 0) is 48.0 Å². The highest BCUT2D eigenvalue weighted by Crippen LogP contribution is 2.23. The Hall–Kier alpha value is -1.39. The van der Waals surface area contributed by atoms with Gasteiger partial charge < -0.3 is 10.6 Å². The predicted octanol–water partition coefficient (Wildman–Crippen LogP) is 4.32. The molecule has 2 aromatic rings. The molecule has 0 saturated heterocycles. The third kappa shape index (κ3) is 5.14. The van der Waals surface area contributed by atoms with Crippen LogP contribution in [0.3, 0.4) is 0 Å². The van der Waals surface area contributed by atoms with Gasteiger partial charge in [0.2, 0.25) is 5.91 Å². The SMILES string of the molecule is CC(C)NCCCC(=O)Nc1ccc2cc(Br)ccc2c1. The van der Waals surface area contributed by atoms with E-state index in [2.05, 4.69) is 46.5 Å². The predicted molar refractivity (Wildman–Crippen MR) is 92.7 cm³/mol. The van der Waals surface area contributed by atoms with E-state index in [1.165, 1.54) is 0 Å². The summed E-state index contributed by atoms with van der Waals surface area (Å²) in [4.78, 5) is 11.9. The van der Waals surface area contributed by atoms with Gasteiger partial charge in [0.25, 0.3) is 0 Å². The molecule has 0 aliphatic rings. The molecule has 0 unspecified atom stereocenters. The van der Waals surface area contributed by atoms with Gasteiger partial charge in [-0.25, -0.2) is 0 Å². The van der Waals surface area contributed by atoms with Crippen molar-refractivity contribution >= 4 is 38.3 Å². The molecule has 0 fully saturated rings. The number of rotatable bonds is 6. The van der Waals surface area contributed by atoms with Crippen molar-refractivity contribution in [1.29, 1.82) is 0 Å². The number of hydrogen-bond donors (Lipinski definition) is 2. The zero-order valence-corrected chi connectivity index (χ0v) is 14.0. The average Bonchev–Trinajstić information content (AvgIpc) is 2.43. The number of benzene rings is 2. The molecule has 112 valence electrons. The molecule has 0 aromatic heterocycles. The third-order valence-corrected chi connectivity index (χ3v) is 3.71. The summed E-state index contributed by atoms with van der Waals surface area (Å²) in [5.74, 6) is 0.0667. The zero-order valence-electron chi connectivity index (χ0n) is 12.4. The first kappa shape index (κ1) is 16.0. The minimum absolute atomic E-state index is 0.0667. The lowest BCUT2D eigenvalue weighted by atomic mass is 10.1. The molecule has 0 spiro atoms. The summed E-state index contributed by atoms with van der Waals surface area (Å²) in [5, 5.41) is 8.55. The van der Waals surface area contributed by atoms with Gasteiger partial charge >= 0.3 is 0 Å². The number of hydrogen-bond acceptors (Lipinski definition) is 2. The molecule has 4 heteroatoms. The van der Waals surface area contributed by atoms with E-state index in [-0.39, 0.29) is 5.91 Å². The molecule has 0 saturated carbocycles. The van der Waals surface area contributed by atoms with Crippen LogP contribution in [0.25, 0.3) is 10.8 Å². The van der Waals surface area contributed by atoms with Crippen LogP contribution >= 0.6 is 15.9 Å². The Morgan fingerprint density at radius 2 is 1.86 bits per heavy atom. The molecule has 3 nitrogen and oxygen atoms in total. The van der Waals surface area contributed by atoms with Crippen LogP contribution < -0.4 is 10.6 Å². The fourth-order valence-electron chi connectivity index (χ4n) is 2.16. The largest absolute Gasteiger partial charge is 0.326 e. The Bertz CT molecular complexity index is 625. The highest BCUT2D eigenvalue weighted by Gasteiger charge is 2.04. The van der Waals surface area contributed by atoms with E-state index in [0.717, 1.165) is 33.9 Å². The van der Waals surface area contributed by atoms with Crippen molar-refractivity contribution in [2.45, 2.75) is 32.7 Å². The van der Waals surface area contributed by atoms with Gasteiger partial charge in [-0.15, -0.1) is 0 Å². The highest BCUT2D eigenvalue weighted by atomic mass is 79.9. The summed E-state index contributed by atoms with van der Waals surface area (Å²) < 4.78 is 1.06. The quantitative estimate of drug-likeness (QED) is 0.763. The summed E-state index contributed by atoms with van der Waals surface area (Å²) in [6, 6.07) is 12.6. The maximum atomic E-state index is 11.9. The second-order valence-corrected chi connectivity index (χ2v) is 6.38. The van der Waals surface area contributed by atoms with E-state index in [9.17, 15) is 4.79 Å². The second kappa shape index (κ2) is 7.57. The molecule has 2 aromatic carbocycles. The van der Waals surface area contributed by atoms with E-state index in [1.807, 2.05) is 30.3 Å². The minimum atomic E-state index is 0.0667. The average molecular weight is 349 g/mol. The van der Waals surface area contributed by atoms with Crippen LogP contribution in [0, 0.1) is 0 Å². The van der Waals surface area contributed by atoms with Gasteiger partial charge in [0.05, 0.1) is 0 Å². The maximum Gasteiger partial charge on any atom is 0.224 e. The monoisotopic (exact) mass is 348 g/mol. The van der Waals surface area contributed by atoms with E-state index in [0.29, 0.717) is 12.5 Å². The lowest BCUT2D eigenvalue weighted by molar-refractivity contribution is -0.116. The molecule has 2 rings (SSSR count). The van der Waals surface area contributed by atoms with Crippen LogP contribution in [0.15, 0.2) is 40.9 Å². The first-order valence-corrected chi connectivity index (χ1v) is 8.06. The summed E-state index contributed by atoms with van der Waals surface area (Å²) in [7, 11) is 0. The Labute approximate surface area is 134 Å². The number of halogens is 1. The third-order valence-electron chi connectivity index (χ3n) is 3.22. The fourth-order valence-corrected chi connectivity index (χ4v) is 2.54. The zero-order chi connectivity index (χ0) is 15.2. The molecule has 0 aliphatic heterocycles. The van der Waals surface area contributed by atoms with Crippen LogP contribution in [0.5, 0.6) is 0 Å². The fraction of sp³-hybridized carbons (Fsp3) is 0.353. The topological polar surface area (TPSA) is 41.1 Å². The first-order valence-electron chi connectivity index (χ1n) is 7.27. The van der Waals surface area contributed by atoms with Crippen LogP contribution in [0.4, 0.5) is 5.69 Å². The number of carbonyl (C=O) groups is 1. The number of anilines is 1. The van der Waals surface area contributed by atoms with Gasteiger partial charge in [0, 0.05) is 22.6 Å². The van der Waals surface area contributed by atoms with Crippen molar-refractivity contribution in [2.75, 3.05) is 11.9 Å². The van der Waals surface area contributed by atoms with Crippen LogP contribution in [-0.4, -0.2) is 18.5 Å². The molecule has 2 N–H and O–H groups in total. The van der Waals surface area contributed by atoms with Gasteiger partial charge in [-0.2, -0.15) is 0 Å². The molecule has 0 atom stereocenters. The summed E-state index contributed by atoms with van der Waals surface area (Å²) in [6.07, 6.45) is 1.39. The number of fused-ring (bicyclic) bond motifs is 1. The van der Waals surface area contributed by atoms with E-state index < -0.39 is 0 Å². The Kier molecular flexibility index (Phi) is 5.76. The van der Waals surface area contributed by atoms with E-state index in [1.54, 1.807) is 0 Å². The van der Waals surface area contributed by atoms with Crippen LogP contribution in [0.1, 0.15) is 26.7 Å². The Morgan fingerprint density at radius 3 is 2.62 bits per heavy atom. The molecule has 0 aliphatic carbocycles.